The van der Waals surface area contributed by atoms with Gasteiger partial charge in [-0.2, -0.15) is 0 Å². The molecule has 2 atom stereocenters. The first-order valence-corrected chi connectivity index (χ1v) is 40.1. The summed E-state index contributed by atoms with van der Waals surface area (Å²) >= 11 is 0. The fourth-order valence-electron chi connectivity index (χ4n) is 12.9. The summed E-state index contributed by atoms with van der Waals surface area (Å²) in [5, 5.41) is 23.2. The second-order valence-corrected chi connectivity index (χ2v) is 27.8. The number of esters is 1. The van der Waals surface area contributed by atoms with Gasteiger partial charge in [-0.15, -0.1) is 0 Å². The van der Waals surface area contributed by atoms with Crippen molar-refractivity contribution in [2.75, 3.05) is 13.2 Å². The molecule has 0 aromatic heterocycles. The fraction of sp³-hybridized carbons (Fsp3) is 0.926. The van der Waals surface area contributed by atoms with E-state index in [0.717, 1.165) is 38.5 Å². The van der Waals surface area contributed by atoms with Gasteiger partial charge in [-0.25, -0.2) is 0 Å². The van der Waals surface area contributed by atoms with E-state index in [0.29, 0.717) is 19.4 Å². The summed E-state index contributed by atoms with van der Waals surface area (Å²) in [6.07, 6.45) is 98.9. The van der Waals surface area contributed by atoms with E-state index in [1.165, 1.54) is 392 Å². The number of unbranched alkanes of at least 4 members (excludes halogenated alkanes) is 63. The highest BCUT2D eigenvalue weighted by molar-refractivity contribution is 5.76. The van der Waals surface area contributed by atoms with Crippen LogP contribution in [-0.4, -0.2) is 47.4 Å². The zero-order valence-electron chi connectivity index (χ0n) is 59.3. The molecule has 0 aromatic carbocycles. The molecule has 0 rings (SSSR count). The van der Waals surface area contributed by atoms with Gasteiger partial charge in [0.1, 0.15) is 0 Å². The molecule has 6 heteroatoms. The zero-order valence-corrected chi connectivity index (χ0v) is 59.3. The molecule has 0 fully saturated rings. The van der Waals surface area contributed by atoms with Crippen LogP contribution in [0.1, 0.15) is 457 Å². The van der Waals surface area contributed by atoms with E-state index in [2.05, 4.69) is 31.3 Å². The maximum atomic E-state index is 12.5. The number of hydrogen-bond acceptors (Lipinski definition) is 5. The highest BCUT2D eigenvalue weighted by Gasteiger charge is 2.18. The number of amides is 1. The lowest BCUT2D eigenvalue weighted by atomic mass is 10.0. The number of hydrogen-bond donors (Lipinski definition) is 3. The van der Waals surface area contributed by atoms with Gasteiger partial charge in [0.05, 0.1) is 25.4 Å². The van der Waals surface area contributed by atoms with Crippen LogP contribution >= 0.6 is 0 Å². The van der Waals surface area contributed by atoms with Gasteiger partial charge in [-0.05, 0) is 57.8 Å². The highest BCUT2D eigenvalue weighted by Crippen LogP contribution is 2.20. The average Bonchev–Trinajstić information content (AvgIpc) is 3.57. The van der Waals surface area contributed by atoms with E-state index < -0.39 is 12.1 Å². The van der Waals surface area contributed by atoms with Gasteiger partial charge in [0.25, 0.3) is 0 Å². The van der Waals surface area contributed by atoms with Crippen molar-refractivity contribution in [3.8, 4) is 0 Å². The molecule has 0 heterocycles. The third-order valence-electron chi connectivity index (χ3n) is 19.0. The van der Waals surface area contributed by atoms with E-state index in [-0.39, 0.29) is 18.5 Å². The number of allylic oxidation sites excluding steroid dienone is 3. The Kier molecular flexibility index (Phi) is 75.3. The molecular formula is C81H157NO5. The van der Waals surface area contributed by atoms with Crippen molar-refractivity contribution in [2.45, 2.75) is 469 Å². The van der Waals surface area contributed by atoms with Crippen LogP contribution in [0.3, 0.4) is 0 Å². The Morgan fingerprint density at radius 3 is 0.816 bits per heavy atom. The van der Waals surface area contributed by atoms with Crippen molar-refractivity contribution in [2.24, 2.45) is 0 Å². The van der Waals surface area contributed by atoms with E-state index in [1.54, 1.807) is 6.08 Å². The number of carbonyl (C=O) groups is 2. The van der Waals surface area contributed by atoms with Crippen LogP contribution in [-0.2, 0) is 14.3 Å². The minimum Gasteiger partial charge on any atom is -0.466 e. The van der Waals surface area contributed by atoms with Gasteiger partial charge in [-0.3, -0.25) is 9.59 Å². The molecule has 0 bridgehead atoms. The summed E-state index contributed by atoms with van der Waals surface area (Å²) < 4.78 is 5.50. The van der Waals surface area contributed by atoms with E-state index in [1.807, 2.05) is 6.08 Å². The standard InChI is InChI=1S/C81H157NO5/c1-3-5-7-9-11-13-15-17-18-19-43-46-50-53-57-61-65-69-73-79(84)78(77-83)82-80(85)74-70-66-62-58-54-51-47-44-41-39-37-35-33-31-29-27-25-23-21-20-22-24-26-28-30-32-34-36-38-40-42-45-48-52-56-60-64-68-72-76-87-81(86)75-71-67-63-59-55-49-16-14-12-10-8-6-4-2/h20-21,69,73,78-79,83-84H,3-19,22-68,70-72,74-77H2,1-2H3,(H,82,85)/b21-20-,73-69+. The molecule has 87 heavy (non-hydrogen) atoms. The number of ether oxygens (including phenoxy) is 1. The third-order valence-corrected chi connectivity index (χ3v) is 19.0. The van der Waals surface area contributed by atoms with Crippen molar-refractivity contribution in [3.05, 3.63) is 24.3 Å². The van der Waals surface area contributed by atoms with Gasteiger partial charge in [0.2, 0.25) is 5.91 Å². The van der Waals surface area contributed by atoms with Crippen LogP contribution in [0.4, 0.5) is 0 Å². The Morgan fingerprint density at radius 2 is 0.540 bits per heavy atom. The lowest BCUT2D eigenvalue weighted by Gasteiger charge is -2.20. The Balaban J connectivity index is 3.33. The largest absolute Gasteiger partial charge is 0.466 e. The number of rotatable bonds is 76. The van der Waals surface area contributed by atoms with Crippen molar-refractivity contribution < 1.29 is 24.5 Å². The SMILES string of the molecule is CCCCCCCCCCCCCCCCCC/C=C/C(O)C(CO)NC(=O)CCCCCCCCCCCCCCCCCCC/C=C\CCCCCCCCCCCCCCCCCCCCOC(=O)CCCCCCCCCCCCCCC. The molecule has 0 aliphatic carbocycles. The maximum Gasteiger partial charge on any atom is 0.305 e. The summed E-state index contributed by atoms with van der Waals surface area (Å²) in [5.41, 5.74) is 0. The molecule has 6 nitrogen and oxygen atoms in total. The lowest BCUT2D eigenvalue weighted by Crippen LogP contribution is -2.45. The van der Waals surface area contributed by atoms with Crippen LogP contribution in [0, 0.1) is 0 Å². The Bertz CT molecular complexity index is 1360. The molecule has 0 saturated carbocycles. The normalized spacial score (nSPS) is 12.6. The summed E-state index contributed by atoms with van der Waals surface area (Å²) in [7, 11) is 0. The van der Waals surface area contributed by atoms with E-state index in [9.17, 15) is 19.8 Å². The average molecular weight is 1230 g/mol. The summed E-state index contributed by atoms with van der Waals surface area (Å²) in [4.78, 5) is 24.6. The molecule has 2 unspecified atom stereocenters. The topological polar surface area (TPSA) is 95.9 Å². The molecule has 0 aliphatic heterocycles. The first-order chi connectivity index (χ1) is 43.0. The van der Waals surface area contributed by atoms with Crippen LogP contribution < -0.4 is 5.32 Å². The first-order valence-electron chi connectivity index (χ1n) is 40.1. The predicted octanol–water partition coefficient (Wildman–Crippen LogP) is 26.4. The second-order valence-electron chi connectivity index (χ2n) is 27.8. The zero-order chi connectivity index (χ0) is 62.8. The van der Waals surface area contributed by atoms with Crippen LogP contribution in [0.2, 0.25) is 0 Å². The number of aliphatic hydroxyl groups is 2. The highest BCUT2D eigenvalue weighted by atomic mass is 16.5. The molecular weight excluding hydrogens is 1070 g/mol. The molecule has 0 radical (unpaired) electrons. The van der Waals surface area contributed by atoms with Gasteiger partial charge in [0.15, 0.2) is 0 Å². The molecule has 0 spiro atoms. The minimum atomic E-state index is -0.842. The Labute approximate surface area is 545 Å². The number of carbonyl (C=O) groups excluding carboxylic acids is 2. The number of nitrogens with one attached hydrogen (secondary N) is 1. The lowest BCUT2D eigenvalue weighted by molar-refractivity contribution is -0.143. The predicted molar refractivity (Wildman–Crippen MR) is 384 cm³/mol. The Morgan fingerprint density at radius 1 is 0.310 bits per heavy atom. The van der Waals surface area contributed by atoms with Gasteiger partial charge >= 0.3 is 5.97 Å². The van der Waals surface area contributed by atoms with Crippen molar-refractivity contribution in [1.82, 2.24) is 5.32 Å². The van der Waals surface area contributed by atoms with Crippen molar-refractivity contribution in [1.29, 1.82) is 0 Å². The van der Waals surface area contributed by atoms with Gasteiger partial charge < -0.3 is 20.3 Å². The van der Waals surface area contributed by atoms with Crippen LogP contribution in [0.15, 0.2) is 24.3 Å². The second kappa shape index (κ2) is 76.8. The summed E-state index contributed by atoms with van der Waals surface area (Å²) in [6, 6.07) is -0.625. The third kappa shape index (κ3) is 73.3. The first kappa shape index (κ1) is 85.3. The Hall–Kier alpha value is -1.66. The van der Waals surface area contributed by atoms with Crippen molar-refractivity contribution in [3.63, 3.8) is 0 Å². The molecule has 516 valence electrons. The van der Waals surface area contributed by atoms with E-state index in [4.69, 9.17) is 4.74 Å². The maximum absolute atomic E-state index is 12.5. The van der Waals surface area contributed by atoms with E-state index >= 15 is 0 Å². The number of aliphatic hydroxyl groups excluding tert-OH is 2. The van der Waals surface area contributed by atoms with Crippen LogP contribution in [0.25, 0.3) is 0 Å². The summed E-state index contributed by atoms with van der Waals surface area (Å²) in [6.45, 7) is 4.96. The van der Waals surface area contributed by atoms with Gasteiger partial charge in [-0.1, -0.05) is 411 Å². The fourth-order valence-corrected chi connectivity index (χ4v) is 12.9. The molecule has 1 amide bonds. The van der Waals surface area contributed by atoms with Gasteiger partial charge in [0, 0.05) is 12.8 Å². The van der Waals surface area contributed by atoms with Crippen molar-refractivity contribution >= 4 is 11.9 Å². The minimum absolute atomic E-state index is 0.0247. The summed E-state index contributed by atoms with van der Waals surface area (Å²) in [5.74, 6) is -0.0348. The monoisotopic (exact) mass is 1220 g/mol. The smallest absolute Gasteiger partial charge is 0.305 e. The molecule has 3 N–H and O–H groups in total. The quantitative estimate of drug-likeness (QED) is 0.0320. The molecule has 0 saturated heterocycles. The molecule has 0 aromatic rings. The van der Waals surface area contributed by atoms with Crippen LogP contribution in [0.5, 0.6) is 0 Å². The molecule has 0 aliphatic rings.